The van der Waals surface area contributed by atoms with E-state index < -0.39 is 32.7 Å². The molecule has 0 spiro atoms. The molecule has 30 heavy (non-hydrogen) atoms. The smallest absolute Gasteiger partial charge is 0.0216 e. The van der Waals surface area contributed by atoms with Crippen LogP contribution >= 0.6 is 0 Å². The molecule has 182 valence electrons. The molecule has 0 saturated carbocycles. The normalized spacial score (nSPS) is 15.7. The number of hydrogen-bond donors (Lipinski definition) is 0. The molecule has 4 unspecified atom stereocenters. The molecule has 0 bridgehead atoms. The quantitative estimate of drug-likeness (QED) is 0.117. The molecule has 0 aliphatic carbocycles. The SMILES string of the molecule is CCCCCCCCCCC(CCC(CCCCCCCCCC)S(=O)[O-])S(=O)[O-]. The third kappa shape index (κ3) is 18.9. The van der Waals surface area contributed by atoms with Gasteiger partial charge in [-0.25, -0.2) is 0 Å². The fourth-order valence-electron chi connectivity index (χ4n) is 4.06. The van der Waals surface area contributed by atoms with Crippen molar-refractivity contribution in [1.29, 1.82) is 0 Å². The minimum absolute atomic E-state index is 0.394. The molecule has 0 rings (SSSR count). The van der Waals surface area contributed by atoms with Gasteiger partial charge in [0.2, 0.25) is 0 Å². The summed E-state index contributed by atoms with van der Waals surface area (Å²) >= 11 is -4.22. The summed E-state index contributed by atoms with van der Waals surface area (Å²) in [5.41, 5.74) is 0. The minimum Gasteiger partial charge on any atom is -0.772 e. The van der Waals surface area contributed by atoms with Crippen molar-refractivity contribution < 1.29 is 17.5 Å². The van der Waals surface area contributed by atoms with Crippen LogP contribution in [-0.4, -0.2) is 28.0 Å². The van der Waals surface area contributed by atoms with E-state index in [1.165, 1.54) is 77.0 Å². The van der Waals surface area contributed by atoms with E-state index in [-0.39, 0.29) is 0 Å². The lowest BCUT2D eigenvalue weighted by molar-refractivity contribution is 0.467. The zero-order valence-corrected chi connectivity index (χ0v) is 21.4. The van der Waals surface area contributed by atoms with E-state index in [0.717, 1.165) is 25.7 Å². The molecule has 4 atom stereocenters. The monoisotopic (exact) mass is 464 g/mol. The summed E-state index contributed by atoms with van der Waals surface area (Å²) in [4.78, 5) is 0. The van der Waals surface area contributed by atoms with E-state index in [9.17, 15) is 17.5 Å². The number of rotatable bonds is 23. The van der Waals surface area contributed by atoms with Crippen LogP contribution in [0, 0.1) is 0 Å². The van der Waals surface area contributed by atoms with Gasteiger partial charge in [0.05, 0.1) is 0 Å². The predicted octanol–water partition coefficient (Wildman–Crippen LogP) is 7.32. The first-order chi connectivity index (χ1) is 14.5. The maximum atomic E-state index is 11.6. The van der Waals surface area contributed by atoms with E-state index in [4.69, 9.17) is 0 Å². The highest BCUT2D eigenvalue weighted by molar-refractivity contribution is 7.80. The van der Waals surface area contributed by atoms with Gasteiger partial charge in [-0.2, -0.15) is 0 Å². The van der Waals surface area contributed by atoms with Gasteiger partial charge >= 0.3 is 0 Å². The van der Waals surface area contributed by atoms with E-state index in [1.54, 1.807) is 0 Å². The maximum Gasteiger partial charge on any atom is 0.0216 e. The Morgan fingerprint density at radius 1 is 0.467 bits per heavy atom. The van der Waals surface area contributed by atoms with Crippen LogP contribution in [0.3, 0.4) is 0 Å². The van der Waals surface area contributed by atoms with Crippen molar-refractivity contribution in [2.24, 2.45) is 0 Å². The van der Waals surface area contributed by atoms with Gasteiger partial charge in [-0.05, 0) is 25.7 Å². The van der Waals surface area contributed by atoms with Crippen molar-refractivity contribution in [3.8, 4) is 0 Å². The van der Waals surface area contributed by atoms with E-state index >= 15 is 0 Å². The van der Waals surface area contributed by atoms with Crippen LogP contribution in [0.25, 0.3) is 0 Å². The third-order valence-corrected chi connectivity index (χ3v) is 8.15. The van der Waals surface area contributed by atoms with E-state index in [2.05, 4.69) is 13.8 Å². The molecular weight excluding hydrogens is 416 g/mol. The van der Waals surface area contributed by atoms with Crippen LogP contribution in [0.5, 0.6) is 0 Å². The molecule has 0 aliphatic heterocycles. The van der Waals surface area contributed by atoms with Gasteiger partial charge in [0.1, 0.15) is 0 Å². The van der Waals surface area contributed by atoms with Gasteiger partial charge in [-0.1, -0.05) is 139 Å². The van der Waals surface area contributed by atoms with Gasteiger partial charge in [0.15, 0.2) is 0 Å². The van der Waals surface area contributed by atoms with Gasteiger partial charge in [-0.15, -0.1) is 0 Å². The Kier molecular flexibility index (Phi) is 22.6. The third-order valence-electron chi connectivity index (χ3n) is 6.11. The van der Waals surface area contributed by atoms with Crippen LogP contribution < -0.4 is 0 Å². The van der Waals surface area contributed by atoms with Crippen LogP contribution in [0.4, 0.5) is 0 Å². The molecule has 0 aliphatic rings. The molecule has 0 fully saturated rings. The summed E-state index contributed by atoms with van der Waals surface area (Å²) in [7, 11) is 0. The van der Waals surface area contributed by atoms with Crippen LogP contribution in [-0.2, 0) is 22.2 Å². The highest BCUT2D eigenvalue weighted by Crippen LogP contribution is 2.21. The second kappa shape index (κ2) is 22.4. The molecule has 6 heteroatoms. The average molecular weight is 465 g/mol. The van der Waals surface area contributed by atoms with Crippen LogP contribution in [0.2, 0.25) is 0 Å². The molecule has 0 aromatic carbocycles. The molecular formula is C24H48O4S2-2. The second-order valence-electron chi connectivity index (χ2n) is 8.87. The Labute approximate surface area is 192 Å². The first-order valence-electron chi connectivity index (χ1n) is 12.7. The highest BCUT2D eigenvalue weighted by atomic mass is 32.2. The van der Waals surface area contributed by atoms with E-state index in [1.807, 2.05) is 0 Å². The minimum atomic E-state index is -2.11. The topological polar surface area (TPSA) is 80.3 Å². The number of hydrogen-bond acceptors (Lipinski definition) is 4. The lowest BCUT2D eigenvalue weighted by atomic mass is 10.0. The van der Waals surface area contributed by atoms with Crippen molar-refractivity contribution in [2.75, 3.05) is 0 Å². The Bertz CT molecular complexity index is 380. The standard InChI is InChI=1S/C24H50O4S2/c1-3-5-7-9-11-13-15-17-19-23(29(25)26)21-22-24(30(27)28)20-18-16-14-12-10-8-6-4-2/h23-24H,3-22H2,1-2H3,(H,25,26)(H,27,28)/p-2. The summed E-state index contributed by atoms with van der Waals surface area (Å²) in [5, 5.41) is -0.788. The average Bonchev–Trinajstić information content (AvgIpc) is 2.71. The lowest BCUT2D eigenvalue weighted by Gasteiger charge is -2.24. The van der Waals surface area contributed by atoms with Crippen LogP contribution in [0.15, 0.2) is 0 Å². The van der Waals surface area contributed by atoms with Crippen LogP contribution in [0.1, 0.15) is 142 Å². The molecule has 0 N–H and O–H groups in total. The fourth-order valence-corrected chi connectivity index (χ4v) is 5.43. The molecule has 0 saturated heterocycles. The second-order valence-corrected chi connectivity index (χ2v) is 11.2. The number of unbranched alkanes of at least 4 members (excludes halogenated alkanes) is 14. The Morgan fingerprint density at radius 2 is 0.733 bits per heavy atom. The molecule has 4 nitrogen and oxygen atoms in total. The largest absolute Gasteiger partial charge is 0.772 e. The highest BCUT2D eigenvalue weighted by Gasteiger charge is 2.15. The first-order valence-corrected chi connectivity index (χ1v) is 15.0. The van der Waals surface area contributed by atoms with Gasteiger partial charge in [0.25, 0.3) is 0 Å². The van der Waals surface area contributed by atoms with Crippen molar-refractivity contribution in [1.82, 2.24) is 0 Å². The van der Waals surface area contributed by atoms with Crippen molar-refractivity contribution in [3.63, 3.8) is 0 Å². The molecule has 0 aromatic heterocycles. The van der Waals surface area contributed by atoms with Crippen molar-refractivity contribution in [2.45, 2.75) is 153 Å². The summed E-state index contributed by atoms with van der Waals surface area (Å²) < 4.78 is 46.3. The van der Waals surface area contributed by atoms with Crippen molar-refractivity contribution >= 4 is 22.2 Å². The Balaban J connectivity index is 3.97. The summed E-state index contributed by atoms with van der Waals surface area (Å²) in [5.74, 6) is 0. The maximum absolute atomic E-state index is 11.6. The lowest BCUT2D eigenvalue weighted by Crippen LogP contribution is -2.21. The van der Waals surface area contributed by atoms with Gasteiger partial charge < -0.3 is 9.11 Å². The molecule has 0 radical (unpaired) electrons. The fraction of sp³-hybridized carbons (Fsp3) is 1.00. The van der Waals surface area contributed by atoms with E-state index in [0.29, 0.717) is 25.7 Å². The first kappa shape index (κ1) is 30.2. The van der Waals surface area contributed by atoms with Gasteiger partial charge in [-0.3, -0.25) is 8.42 Å². The predicted molar refractivity (Wildman–Crippen MR) is 129 cm³/mol. The zero-order chi connectivity index (χ0) is 22.5. The van der Waals surface area contributed by atoms with Crippen molar-refractivity contribution in [3.05, 3.63) is 0 Å². The summed E-state index contributed by atoms with van der Waals surface area (Å²) in [6.07, 6.45) is 21.4. The molecule has 0 aromatic rings. The summed E-state index contributed by atoms with van der Waals surface area (Å²) in [6, 6.07) is 0. The van der Waals surface area contributed by atoms with Gasteiger partial charge in [0, 0.05) is 10.5 Å². The Hall–Kier alpha value is 0.220. The zero-order valence-electron chi connectivity index (χ0n) is 19.7. The Morgan fingerprint density at radius 3 is 1.00 bits per heavy atom. The molecule has 0 heterocycles. The molecule has 0 amide bonds. The summed E-state index contributed by atoms with van der Waals surface area (Å²) in [6.45, 7) is 4.43.